The van der Waals surface area contributed by atoms with Gasteiger partial charge in [-0.1, -0.05) is 12.1 Å². The standard InChI is InChI=1S/C18H23N3O4/c1-20(15-11-25-12-16(24-2)17(15)22)18(23)14-6-4-13(5-7-14)10-21-9-3-8-19-21/h3-9,15-17,22H,10-12H2,1-2H3/t15-,16-,17+/m1/s1. The van der Waals surface area contributed by atoms with E-state index in [1.165, 1.54) is 12.0 Å². The zero-order valence-corrected chi connectivity index (χ0v) is 14.4. The fourth-order valence-corrected chi connectivity index (χ4v) is 2.99. The molecular weight excluding hydrogens is 322 g/mol. The van der Waals surface area contributed by atoms with Crippen molar-refractivity contribution in [3.8, 4) is 0 Å². The van der Waals surface area contributed by atoms with E-state index >= 15 is 0 Å². The lowest BCUT2D eigenvalue weighted by atomic mass is 10.0. The number of aromatic nitrogens is 2. The highest BCUT2D eigenvalue weighted by atomic mass is 16.5. The number of hydrogen-bond acceptors (Lipinski definition) is 5. The number of carbonyl (C=O) groups excluding carboxylic acids is 1. The third kappa shape index (κ3) is 3.89. The zero-order valence-electron chi connectivity index (χ0n) is 14.4. The fourth-order valence-electron chi connectivity index (χ4n) is 2.99. The number of amides is 1. The van der Waals surface area contributed by atoms with Crippen molar-refractivity contribution in [2.24, 2.45) is 0 Å². The normalized spacial score (nSPS) is 23.4. The van der Waals surface area contributed by atoms with E-state index in [0.29, 0.717) is 25.3 Å². The SMILES string of the molecule is CO[C@@H]1COC[C@@H](N(C)C(=O)c2ccc(Cn3cccn3)cc2)[C@@H]1O. The third-order valence-electron chi connectivity index (χ3n) is 4.57. The molecule has 1 amide bonds. The third-order valence-corrected chi connectivity index (χ3v) is 4.57. The second-order valence-corrected chi connectivity index (χ2v) is 6.19. The van der Waals surface area contributed by atoms with Gasteiger partial charge in [-0.05, 0) is 23.8 Å². The highest BCUT2D eigenvalue weighted by molar-refractivity contribution is 5.94. The van der Waals surface area contributed by atoms with Crippen molar-refractivity contribution >= 4 is 5.91 Å². The monoisotopic (exact) mass is 345 g/mol. The Morgan fingerprint density at radius 3 is 2.80 bits per heavy atom. The van der Waals surface area contributed by atoms with Gasteiger partial charge in [-0.25, -0.2) is 0 Å². The lowest BCUT2D eigenvalue weighted by molar-refractivity contribution is -0.135. The van der Waals surface area contributed by atoms with Gasteiger partial charge in [0.2, 0.25) is 0 Å². The van der Waals surface area contributed by atoms with E-state index in [2.05, 4.69) is 5.10 Å². The van der Waals surface area contributed by atoms with Crippen molar-refractivity contribution in [3.63, 3.8) is 0 Å². The topological polar surface area (TPSA) is 76.8 Å². The molecule has 0 radical (unpaired) electrons. The van der Waals surface area contributed by atoms with Crippen molar-refractivity contribution < 1.29 is 19.4 Å². The first-order valence-corrected chi connectivity index (χ1v) is 8.22. The van der Waals surface area contributed by atoms with Gasteiger partial charge in [-0.2, -0.15) is 5.10 Å². The maximum Gasteiger partial charge on any atom is 0.254 e. The van der Waals surface area contributed by atoms with Crippen molar-refractivity contribution in [1.29, 1.82) is 0 Å². The first-order chi connectivity index (χ1) is 12.1. The van der Waals surface area contributed by atoms with Crippen molar-refractivity contribution in [2.75, 3.05) is 27.4 Å². The summed E-state index contributed by atoms with van der Waals surface area (Å²) in [5.41, 5.74) is 1.63. The summed E-state index contributed by atoms with van der Waals surface area (Å²) in [5.74, 6) is -0.157. The number of hydrogen-bond donors (Lipinski definition) is 1. The Morgan fingerprint density at radius 2 is 2.16 bits per heavy atom. The molecule has 3 atom stereocenters. The van der Waals surface area contributed by atoms with E-state index in [-0.39, 0.29) is 5.91 Å². The van der Waals surface area contributed by atoms with E-state index in [1.54, 1.807) is 25.4 Å². The van der Waals surface area contributed by atoms with E-state index < -0.39 is 18.2 Å². The molecule has 2 aromatic rings. The summed E-state index contributed by atoms with van der Waals surface area (Å²) in [6, 6.07) is 8.85. The summed E-state index contributed by atoms with van der Waals surface area (Å²) >= 11 is 0. The van der Waals surface area contributed by atoms with E-state index in [1.807, 2.05) is 29.1 Å². The molecule has 0 aliphatic carbocycles. The molecule has 1 aliphatic heterocycles. The van der Waals surface area contributed by atoms with Crippen LogP contribution in [0.25, 0.3) is 0 Å². The van der Waals surface area contributed by atoms with Crippen LogP contribution in [0.1, 0.15) is 15.9 Å². The average molecular weight is 345 g/mol. The van der Waals surface area contributed by atoms with Gasteiger partial charge in [0.15, 0.2) is 0 Å². The smallest absolute Gasteiger partial charge is 0.254 e. The van der Waals surface area contributed by atoms with Crippen molar-refractivity contribution in [3.05, 3.63) is 53.9 Å². The molecule has 3 rings (SSSR count). The Labute approximate surface area is 146 Å². The van der Waals surface area contributed by atoms with E-state index in [0.717, 1.165) is 5.56 Å². The van der Waals surface area contributed by atoms with E-state index in [4.69, 9.17) is 9.47 Å². The number of aliphatic hydroxyl groups is 1. The van der Waals surface area contributed by atoms with Crippen LogP contribution >= 0.6 is 0 Å². The summed E-state index contributed by atoms with van der Waals surface area (Å²) in [4.78, 5) is 14.2. The number of aliphatic hydroxyl groups excluding tert-OH is 1. The van der Waals surface area contributed by atoms with Crippen LogP contribution in [0.4, 0.5) is 0 Å². The number of likely N-dealkylation sites (N-methyl/N-ethyl adjacent to an activating group) is 1. The van der Waals surface area contributed by atoms with Crippen LogP contribution in [0.15, 0.2) is 42.7 Å². The van der Waals surface area contributed by atoms with Gasteiger partial charge in [0.25, 0.3) is 5.91 Å². The first-order valence-electron chi connectivity index (χ1n) is 8.22. The number of nitrogens with zero attached hydrogens (tertiary/aromatic N) is 3. The van der Waals surface area contributed by atoms with Gasteiger partial charge in [0, 0.05) is 32.1 Å². The molecule has 1 saturated heterocycles. The Bertz CT molecular complexity index is 687. The lowest BCUT2D eigenvalue weighted by Gasteiger charge is -2.38. The Morgan fingerprint density at radius 1 is 1.40 bits per heavy atom. The summed E-state index contributed by atoms with van der Waals surface area (Å²) < 4.78 is 12.5. The zero-order chi connectivity index (χ0) is 17.8. The molecule has 0 spiro atoms. The van der Waals surface area contributed by atoms with Crippen molar-refractivity contribution in [2.45, 2.75) is 24.8 Å². The van der Waals surface area contributed by atoms with Crippen LogP contribution in [-0.2, 0) is 16.0 Å². The van der Waals surface area contributed by atoms with Crippen LogP contribution < -0.4 is 0 Å². The predicted octanol–water partition coefficient (Wildman–Crippen LogP) is 0.778. The largest absolute Gasteiger partial charge is 0.388 e. The number of ether oxygens (including phenoxy) is 2. The minimum atomic E-state index is -0.771. The average Bonchev–Trinajstić information content (AvgIpc) is 3.14. The number of methoxy groups -OCH3 is 1. The number of carbonyl (C=O) groups is 1. The van der Waals surface area contributed by atoms with Gasteiger partial charge in [-0.3, -0.25) is 9.48 Å². The van der Waals surface area contributed by atoms with Crippen LogP contribution in [0.3, 0.4) is 0 Å². The second kappa shape index (κ2) is 7.77. The molecule has 7 heteroatoms. The molecular formula is C18H23N3O4. The molecule has 7 nitrogen and oxygen atoms in total. The first kappa shape index (κ1) is 17.6. The number of rotatable bonds is 5. The molecule has 1 aliphatic rings. The molecule has 25 heavy (non-hydrogen) atoms. The van der Waals surface area contributed by atoms with Gasteiger partial charge in [0.1, 0.15) is 12.2 Å². The van der Waals surface area contributed by atoms with Crippen LogP contribution in [0, 0.1) is 0 Å². The Hall–Kier alpha value is -2.22. The molecule has 1 aromatic carbocycles. The number of benzene rings is 1. The Balaban J connectivity index is 1.67. The molecule has 2 heterocycles. The maximum absolute atomic E-state index is 12.7. The molecule has 1 N–H and O–H groups in total. The highest BCUT2D eigenvalue weighted by Gasteiger charge is 2.37. The molecule has 1 fully saturated rings. The molecule has 134 valence electrons. The minimum absolute atomic E-state index is 0.157. The summed E-state index contributed by atoms with van der Waals surface area (Å²) in [7, 11) is 3.20. The van der Waals surface area contributed by atoms with Crippen LogP contribution in [0.5, 0.6) is 0 Å². The van der Waals surface area contributed by atoms with Gasteiger partial charge in [0.05, 0.1) is 25.8 Å². The summed E-state index contributed by atoms with van der Waals surface area (Å²) in [6.45, 7) is 1.28. The molecule has 0 saturated carbocycles. The van der Waals surface area contributed by atoms with Gasteiger partial charge in [-0.15, -0.1) is 0 Å². The summed E-state index contributed by atoms with van der Waals surface area (Å²) in [6.07, 6.45) is 2.43. The highest BCUT2D eigenvalue weighted by Crippen LogP contribution is 2.18. The van der Waals surface area contributed by atoms with Crippen LogP contribution in [-0.4, -0.2) is 71.3 Å². The van der Waals surface area contributed by atoms with E-state index in [9.17, 15) is 9.90 Å². The summed E-state index contributed by atoms with van der Waals surface area (Å²) in [5, 5.41) is 14.5. The predicted molar refractivity (Wildman–Crippen MR) is 91.3 cm³/mol. The minimum Gasteiger partial charge on any atom is -0.388 e. The quantitative estimate of drug-likeness (QED) is 0.867. The second-order valence-electron chi connectivity index (χ2n) is 6.19. The molecule has 1 aromatic heterocycles. The maximum atomic E-state index is 12.7. The lowest BCUT2D eigenvalue weighted by Crippen LogP contribution is -2.56. The van der Waals surface area contributed by atoms with Crippen molar-refractivity contribution in [1.82, 2.24) is 14.7 Å². The molecule has 0 unspecified atom stereocenters. The Kier molecular flexibility index (Phi) is 5.47. The van der Waals surface area contributed by atoms with Gasteiger partial charge < -0.3 is 19.5 Å². The van der Waals surface area contributed by atoms with Gasteiger partial charge >= 0.3 is 0 Å². The van der Waals surface area contributed by atoms with Crippen LogP contribution in [0.2, 0.25) is 0 Å². The fraction of sp³-hybridized carbons (Fsp3) is 0.444. The molecule has 0 bridgehead atoms.